The average molecular weight is 275 g/mol. The maximum absolute atomic E-state index is 12.1. The van der Waals surface area contributed by atoms with Crippen LogP contribution in [0.5, 0.6) is 0 Å². The van der Waals surface area contributed by atoms with Gasteiger partial charge in [0.2, 0.25) is 11.8 Å². The highest BCUT2D eigenvalue weighted by Crippen LogP contribution is 2.31. The zero-order valence-electron chi connectivity index (χ0n) is 11.7. The predicted molar refractivity (Wildman–Crippen MR) is 77.0 cm³/mol. The molecule has 108 valence electrons. The van der Waals surface area contributed by atoms with Crippen molar-refractivity contribution >= 4 is 11.8 Å². The SMILES string of the molecule is CC1CC(c2ccccc2)CN1C(=O)CNC(=O)CN. The Hall–Kier alpha value is -1.88. The Kier molecular flexibility index (Phi) is 4.74. The number of hydrogen-bond acceptors (Lipinski definition) is 3. The van der Waals surface area contributed by atoms with Gasteiger partial charge in [0, 0.05) is 18.5 Å². The number of nitrogens with zero attached hydrogens (tertiary/aromatic N) is 1. The van der Waals surface area contributed by atoms with Crippen LogP contribution in [-0.4, -0.2) is 42.4 Å². The van der Waals surface area contributed by atoms with Crippen LogP contribution in [0.1, 0.15) is 24.8 Å². The molecular formula is C15H21N3O2. The van der Waals surface area contributed by atoms with E-state index in [1.165, 1.54) is 5.56 Å². The molecule has 0 saturated carbocycles. The van der Waals surface area contributed by atoms with Crippen LogP contribution >= 0.6 is 0 Å². The van der Waals surface area contributed by atoms with Crippen LogP contribution in [-0.2, 0) is 9.59 Å². The summed E-state index contributed by atoms with van der Waals surface area (Å²) in [5.74, 6) is 0.0305. The molecule has 1 aliphatic heterocycles. The van der Waals surface area contributed by atoms with E-state index in [4.69, 9.17) is 5.73 Å². The molecule has 20 heavy (non-hydrogen) atoms. The van der Waals surface area contributed by atoms with Gasteiger partial charge in [-0.25, -0.2) is 0 Å². The van der Waals surface area contributed by atoms with Crippen molar-refractivity contribution in [2.75, 3.05) is 19.6 Å². The van der Waals surface area contributed by atoms with E-state index in [1.54, 1.807) is 0 Å². The quantitative estimate of drug-likeness (QED) is 0.838. The Bertz CT molecular complexity index is 475. The largest absolute Gasteiger partial charge is 0.346 e. The van der Waals surface area contributed by atoms with E-state index in [2.05, 4.69) is 17.4 Å². The number of rotatable bonds is 4. The Balaban J connectivity index is 1.94. The van der Waals surface area contributed by atoms with Gasteiger partial charge in [0.15, 0.2) is 0 Å². The fourth-order valence-electron chi connectivity index (χ4n) is 2.69. The molecule has 2 amide bonds. The molecule has 1 saturated heterocycles. The van der Waals surface area contributed by atoms with Gasteiger partial charge in [0.1, 0.15) is 0 Å². The van der Waals surface area contributed by atoms with E-state index >= 15 is 0 Å². The smallest absolute Gasteiger partial charge is 0.242 e. The number of amides is 2. The van der Waals surface area contributed by atoms with Crippen LogP contribution in [0.15, 0.2) is 30.3 Å². The van der Waals surface area contributed by atoms with Crippen LogP contribution < -0.4 is 11.1 Å². The minimum atomic E-state index is -0.301. The maximum atomic E-state index is 12.1. The van der Waals surface area contributed by atoms with Gasteiger partial charge in [-0.2, -0.15) is 0 Å². The lowest BCUT2D eigenvalue weighted by molar-refractivity contribution is -0.133. The monoisotopic (exact) mass is 275 g/mol. The summed E-state index contributed by atoms with van der Waals surface area (Å²) in [6.45, 7) is 2.70. The molecular weight excluding hydrogens is 254 g/mol. The van der Waals surface area contributed by atoms with Gasteiger partial charge in [0.05, 0.1) is 13.1 Å². The second kappa shape index (κ2) is 6.52. The molecule has 2 rings (SSSR count). The first-order chi connectivity index (χ1) is 9.61. The van der Waals surface area contributed by atoms with Crippen molar-refractivity contribution < 1.29 is 9.59 Å². The second-order valence-corrected chi connectivity index (χ2v) is 5.22. The molecule has 0 aromatic heterocycles. The number of hydrogen-bond donors (Lipinski definition) is 2. The lowest BCUT2D eigenvalue weighted by Gasteiger charge is -2.21. The molecule has 0 bridgehead atoms. The summed E-state index contributed by atoms with van der Waals surface area (Å²) in [7, 11) is 0. The number of carbonyl (C=O) groups is 2. The summed E-state index contributed by atoms with van der Waals surface area (Å²) in [6.07, 6.45) is 0.959. The van der Waals surface area contributed by atoms with Crippen molar-refractivity contribution in [2.24, 2.45) is 5.73 Å². The molecule has 0 spiro atoms. The molecule has 5 heteroatoms. The fourth-order valence-corrected chi connectivity index (χ4v) is 2.69. The number of nitrogens with two attached hydrogens (primary N) is 1. The molecule has 3 N–H and O–H groups in total. The fraction of sp³-hybridized carbons (Fsp3) is 0.467. The Morgan fingerprint density at radius 2 is 2.05 bits per heavy atom. The standard InChI is InChI=1S/C15H21N3O2/c1-11-7-13(12-5-3-2-4-6-12)10-18(11)15(20)9-17-14(19)8-16/h2-6,11,13H,7-10,16H2,1H3,(H,17,19). The summed E-state index contributed by atoms with van der Waals surface area (Å²) in [5, 5.41) is 2.53. The molecule has 1 fully saturated rings. The molecule has 1 aromatic carbocycles. The molecule has 0 aliphatic carbocycles. The van der Waals surface area contributed by atoms with E-state index in [0.29, 0.717) is 12.5 Å². The molecule has 1 aromatic rings. The molecule has 0 radical (unpaired) electrons. The van der Waals surface area contributed by atoms with E-state index < -0.39 is 0 Å². The molecule has 1 heterocycles. The van der Waals surface area contributed by atoms with Crippen LogP contribution in [0, 0.1) is 0 Å². The third-order valence-electron chi connectivity index (χ3n) is 3.79. The van der Waals surface area contributed by atoms with Gasteiger partial charge >= 0.3 is 0 Å². The molecule has 2 unspecified atom stereocenters. The van der Waals surface area contributed by atoms with Gasteiger partial charge in [-0.1, -0.05) is 30.3 Å². The van der Waals surface area contributed by atoms with Gasteiger partial charge in [-0.15, -0.1) is 0 Å². The highest BCUT2D eigenvalue weighted by molar-refractivity contribution is 5.85. The summed E-state index contributed by atoms with van der Waals surface area (Å²) in [5.41, 5.74) is 6.46. The molecule has 1 aliphatic rings. The summed E-state index contributed by atoms with van der Waals surface area (Å²) < 4.78 is 0. The van der Waals surface area contributed by atoms with Gasteiger partial charge in [-0.3, -0.25) is 9.59 Å². The highest BCUT2D eigenvalue weighted by Gasteiger charge is 2.32. The Labute approximate surface area is 119 Å². The highest BCUT2D eigenvalue weighted by atomic mass is 16.2. The lowest BCUT2D eigenvalue weighted by Crippen LogP contribution is -2.43. The van der Waals surface area contributed by atoms with Crippen molar-refractivity contribution in [1.29, 1.82) is 0 Å². The first-order valence-corrected chi connectivity index (χ1v) is 6.93. The van der Waals surface area contributed by atoms with E-state index in [9.17, 15) is 9.59 Å². The van der Waals surface area contributed by atoms with E-state index in [1.807, 2.05) is 30.0 Å². The van der Waals surface area contributed by atoms with Crippen molar-refractivity contribution in [1.82, 2.24) is 10.2 Å². The molecule has 2 atom stereocenters. The third kappa shape index (κ3) is 3.36. The number of benzene rings is 1. The van der Waals surface area contributed by atoms with Crippen LogP contribution in [0.2, 0.25) is 0 Å². The van der Waals surface area contributed by atoms with Crippen molar-refractivity contribution in [3.8, 4) is 0 Å². The van der Waals surface area contributed by atoms with E-state index in [0.717, 1.165) is 6.42 Å². The van der Waals surface area contributed by atoms with E-state index in [-0.39, 0.29) is 30.9 Å². The molecule has 5 nitrogen and oxygen atoms in total. The third-order valence-corrected chi connectivity index (χ3v) is 3.79. The average Bonchev–Trinajstić information content (AvgIpc) is 2.87. The zero-order chi connectivity index (χ0) is 14.5. The van der Waals surface area contributed by atoms with Crippen molar-refractivity contribution in [3.05, 3.63) is 35.9 Å². The summed E-state index contributed by atoms with van der Waals surface area (Å²) in [6, 6.07) is 10.4. The second-order valence-electron chi connectivity index (χ2n) is 5.22. The van der Waals surface area contributed by atoms with Crippen LogP contribution in [0.3, 0.4) is 0 Å². The predicted octanol–water partition coefficient (Wildman–Crippen LogP) is 0.466. The number of carbonyl (C=O) groups excluding carboxylic acids is 2. The number of likely N-dealkylation sites (tertiary alicyclic amines) is 1. The van der Waals surface area contributed by atoms with Gasteiger partial charge < -0.3 is 16.0 Å². The van der Waals surface area contributed by atoms with Crippen molar-refractivity contribution in [3.63, 3.8) is 0 Å². The summed E-state index contributed by atoms with van der Waals surface area (Å²) >= 11 is 0. The first-order valence-electron chi connectivity index (χ1n) is 6.93. The summed E-state index contributed by atoms with van der Waals surface area (Å²) in [4.78, 5) is 25.1. The number of nitrogens with one attached hydrogen (secondary N) is 1. The zero-order valence-corrected chi connectivity index (χ0v) is 11.7. The topological polar surface area (TPSA) is 75.4 Å². The van der Waals surface area contributed by atoms with Crippen LogP contribution in [0.25, 0.3) is 0 Å². The lowest BCUT2D eigenvalue weighted by atomic mass is 9.97. The Morgan fingerprint density at radius 3 is 2.70 bits per heavy atom. The maximum Gasteiger partial charge on any atom is 0.242 e. The minimum absolute atomic E-state index is 0.0296. The van der Waals surface area contributed by atoms with Crippen LogP contribution in [0.4, 0.5) is 0 Å². The van der Waals surface area contributed by atoms with Gasteiger partial charge in [-0.05, 0) is 18.9 Å². The first kappa shape index (κ1) is 14.5. The van der Waals surface area contributed by atoms with Gasteiger partial charge in [0.25, 0.3) is 0 Å². The van der Waals surface area contributed by atoms with Crippen molar-refractivity contribution in [2.45, 2.75) is 25.3 Å². The Morgan fingerprint density at radius 1 is 1.35 bits per heavy atom. The minimum Gasteiger partial charge on any atom is -0.346 e. The normalized spacial score (nSPS) is 21.8.